The lowest BCUT2D eigenvalue weighted by Crippen LogP contribution is -2.15. The quantitative estimate of drug-likeness (QED) is 0.781. The number of fused-ring (bicyclic) bond motifs is 1. The molecule has 1 amide bonds. The van der Waals surface area contributed by atoms with Crippen molar-refractivity contribution in [3.8, 4) is 0 Å². The van der Waals surface area contributed by atoms with Crippen LogP contribution in [-0.4, -0.2) is 15.9 Å². The van der Waals surface area contributed by atoms with Gasteiger partial charge in [0.2, 0.25) is 5.56 Å². The molecular weight excluding hydrogens is 297 g/mol. The lowest BCUT2D eigenvalue weighted by Gasteiger charge is -2.10. The van der Waals surface area contributed by atoms with Crippen molar-refractivity contribution in [1.82, 2.24) is 9.97 Å². The molecule has 116 valence electrons. The maximum absolute atomic E-state index is 14.2. The van der Waals surface area contributed by atoms with E-state index in [0.29, 0.717) is 22.9 Å². The summed E-state index contributed by atoms with van der Waals surface area (Å²) < 4.78 is 14.2. The number of nitrogens with one attached hydrogen (secondary N) is 2. The van der Waals surface area contributed by atoms with E-state index in [9.17, 15) is 14.0 Å². The minimum atomic E-state index is -0.611. The Bertz CT molecular complexity index is 950. The number of nitrogens with zero attached hydrogens (tertiary/aromatic N) is 1. The van der Waals surface area contributed by atoms with E-state index in [1.165, 1.54) is 24.4 Å². The predicted octanol–water partition coefficient (Wildman–Crippen LogP) is 2.88. The van der Waals surface area contributed by atoms with E-state index in [-0.39, 0.29) is 11.2 Å². The molecule has 2 heterocycles. The zero-order chi connectivity index (χ0) is 16.4. The fourth-order valence-electron chi connectivity index (χ4n) is 2.39. The van der Waals surface area contributed by atoms with Crippen molar-refractivity contribution in [1.29, 1.82) is 0 Å². The molecule has 0 radical (unpaired) electrons. The summed E-state index contributed by atoms with van der Waals surface area (Å²) >= 11 is 0. The van der Waals surface area contributed by atoms with E-state index in [4.69, 9.17) is 0 Å². The number of pyridine rings is 2. The van der Waals surface area contributed by atoms with Crippen LogP contribution < -0.4 is 10.9 Å². The summed E-state index contributed by atoms with van der Waals surface area (Å²) in [5, 5.41) is 3.21. The standard InChI is InChI=1S/C17H14FN3O2/c1-2-10-9-19-6-5-12(10)17(23)21-15-7-11-3-4-16(22)20-14(11)8-13(15)18/h3-9H,2H2,1H3,(H,20,22)(H,21,23). The number of hydrogen-bond donors (Lipinski definition) is 2. The van der Waals surface area contributed by atoms with Gasteiger partial charge in [-0.1, -0.05) is 6.92 Å². The van der Waals surface area contributed by atoms with Crippen LogP contribution in [0.1, 0.15) is 22.8 Å². The molecule has 1 aromatic carbocycles. The van der Waals surface area contributed by atoms with Gasteiger partial charge >= 0.3 is 0 Å². The molecule has 23 heavy (non-hydrogen) atoms. The van der Waals surface area contributed by atoms with Crippen LogP contribution in [0, 0.1) is 5.82 Å². The van der Waals surface area contributed by atoms with Crippen LogP contribution in [-0.2, 0) is 6.42 Å². The lowest BCUT2D eigenvalue weighted by atomic mass is 10.1. The summed E-state index contributed by atoms with van der Waals surface area (Å²) in [7, 11) is 0. The minimum Gasteiger partial charge on any atom is -0.322 e. The van der Waals surface area contributed by atoms with Crippen molar-refractivity contribution >= 4 is 22.5 Å². The normalized spacial score (nSPS) is 10.7. The molecule has 0 spiro atoms. The van der Waals surface area contributed by atoms with E-state index in [1.807, 2.05) is 6.92 Å². The minimum absolute atomic E-state index is 0.0633. The summed E-state index contributed by atoms with van der Waals surface area (Å²) in [6.07, 6.45) is 3.80. The Morgan fingerprint density at radius 1 is 1.30 bits per heavy atom. The van der Waals surface area contributed by atoms with Crippen molar-refractivity contribution in [2.24, 2.45) is 0 Å². The van der Waals surface area contributed by atoms with Gasteiger partial charge in [0, 0.05) is 35.5 Å². The molecule has 0 bridgehead atoms. The molecule has 0 fully saturated rings. The van der Waals surface area contributed by atoms with Crippen LogP contribution in [0.2, 0.25) is 0 Å². The molecule has 6 heteroatoms. The molecule has 0 aliphatic carbocycles. The number of carbonyl (C=O) groups excluding carboxylic acids is 1. The highest BCUT2D eigenvalue weighted by Gasteiger charge is 2.13. The van der Waals surface area contributed by atoms with Gasteiger partial charge in [-0.15, -0.1) is 0 Å². The molecule has 0 saturated heterocycles. The van der Waals surface area contributed by atoms with Crippen molar-refractivity contribution in [3.05, 3.63) is 70.0 Å². The Balaban J connectivity index is 1.97. The summed E-state index contributed by atoms with van der Waals surface area (Å²) in [6.45, 7) is 1.92. The van der Waals surface area contributed by atoms with Gasteiger partial charge in [0.15, 0.2) is 0 Å². The number of amides is 1. The van der Waals surface area contributed by atoms with E-state index in [1.54, 1.807) is 18.3 Å². The van der Waals surface area contributed by atoms with Crippen molar-refractivity contribution in [2.45, 2.75) is 13.3 Å². The number of aryl methyl sites for hydroxylation is 1. The second kappa shape index (κ2) is 6.00. The highest BCUT2D eigenvalue weighted by atomic mass is 19.1. The van der Waals surface area contributed by atoms with E-state index in [2.05, 4.69) is 15.3 Å². The molecule has 0 saturated carbocycles. The average Bonchev–Trinajstić information content (AvgIpc) is 2.55. The first-order valence-corrected chi connectivity index (χ1v) is 7.15. The van der Waals surface area contributed by atoms with Crippen LogP contribution in [0.25, 0.3) is 10.9 Å². The summed E-state index contributed by atoms with van der Waals surface area (Å²) in [5.41, 5.74) is 1.39. The third kappa shape index (κ3) is 2.96. The van der Waals surface area contributed by atoms with Gasteiger partial charge in [0.05, 0.1) is 11.2 Å². The topological polar surface area (TPSA) is 74.8 Å². The van der Waals surface area contributed by atoms with E-state index in [0.717, 1.165) is 5.56 Å². The molecule has 2 aromatic heterocycles. The average molecular weight is 311 g/mol. The van der Waals surface area contributed by atoms with Gasteiger partial charge in [-0.05, 0) is 30.2 Å². The summed E-state index contributed by atoms with van der Waals surface area (Å²) in [5.74, 6) is -1.01. The van der Waals surface area contributed by atoms with E-state index >= 15 is 0 Å². The zero-order valence-electron chi connectivity index (χ0n) is 12.4. The number of benzene rings is 1. The maximum atomic E-state index is 14.2. The third-order valence-corrected chi connectivity index (χ3v) is 3.59. The summed E-state index contributed by atoms with van der Waals surface area (Å²) in [6, 6.07) is 7.21. The Labute approximate surface area is 131 Å². The molecule has 3 aromatic rings. The van der Waals surface area contributed by atoms with Gasteiger partial charge < -0.3 is 10.3 Å². The van der Waals surface area contributed by atoms with Gasteiger partial charge in [0.1, 0.15) is 5.82 Å². The first kappa shape index (κ1) is 14.9. The molecule has 0 unspecified atom stereocenters. The zero-order valence-corrected chi connectivity index (χ0v) is 12.4. The van der Waals surface area contributed by atoms with Gasteiger partial charge in [-0.3, -0.25) is 14.6 Å². The first-order chi connectivity index (χ1) is 11.1. The SMILES string of the molecule is CCc1cnccc1C(=O)Nc1cc2ccc(=O)[nH]c2cc1F. The van der Waals surface area contributed by atoms with Crippen LogP contribution >= 0.6 is 0 Å². The molecule has 0 aliphatic rings. The second-order valence-electron chi connectivity index (χ2n) is 5.08. The number of H-pyrrole nitrogens is 1. The number of rotatable bonds is 3. The molecule has 0 atom stereocenters. The largest absolute Gasteiger partial charge is 0.322 e. The fraction of sp³-hybridized carbons (Fsp3) is 0.118. The van der Waals surface area contributed by atoms with Gasteiger partial charge in [-0.25, -0.2) is 4.39 Å². The summed E-state index contributed by atoms with van der Waals surface area (Å²) in [4.78, 5) is 30.2. The second-order valence-corrected chi connectivity index (χ2v) is 5.08. The Morgan fingerprint density at radius 3 is 2.91 bits per heavy atom. The lowest BCUT2D eigenvalue weighted by molar-refractivity contribution is 0.102. The van der Waals surface area contributed by atoms with Crippen LogP contribution in [0.3, 0.4) is 0 Å². The number of halogens is 1. The van der Waals surface area contributed by atoms with E-state index < -0.39 is 11.7 Å². The van der Waals surface area contributed by atoms with Gasteiger partial charge in [-0.2, -0.15) is 0 Å². The highest BCUT2D eigenvalue weighted by Crippen LogP contribution is 2.22. The molecular formula is C17H14FN3O2. The maximum Gasteiger partial charge on any atom is 0.256 e. The Kier molecular flexibility index (Phi) is 3.89. The number of carbonyl (C=O) groups is 1. The highest BCUT2D eigenvalue weighted by molar-refractivity contribution is 6.06. The number of hydrogen-bond acceptors (Lipinski definition) is 3. The number of anilines is 1. The van der Waals surface area contributed by atoms with Crippen molar-refractivity contribution in [2.75, 3.05) is 5.32 Å². The fourth-order valence-corrected chi connectivity index (χ4v) is 2.39. The first-order valence-electron chi connectivity index (χ1n) is 7.15. The smallest absolute Gasteiger partial charge is 0.256 e. The number of aromatic nitrogens is 2. The Hall–Kier alpha value is -3.02. The van der Waals surface area contributed by atoms with Crippen molar-refractivity contribution in [3.63, 3.8) is 0 Å². The molecule has 5 nitrogen and oxygen atoms in total. The Morgan fingerprint density at radius 2 is 2.13 bits per heavy atom. The number of aromatic amines is 1. The molecule has 0 aliphatic heterocycles. The van der Waals surface area contributed by atoms with Crippen molar-refractivity contribution < 1.29 is 9.18 Å². The third-order valence-electron chi connectivity index (χ3n) is 3.59. The molecule has 2 N–H and O–H groups in total. The predicted molar refractivity (Wildman–Crippen MR) is 86.1 cm³/mol. The monoisotopic (exact) mass is 311 g/mol. The van der Waals surface area contributed by atoms with Crippen LogP contribution in [0.5, 0.6) is 0 Å². The van der Waals surface area contributed by atoms with Crippen LogP contribution in [0.15, 0.2) is 47.5 Å². The van der Waals surface area contributed by atoms with Crippen LogP contribution in [0.4, 0.5) is 10.1 Å². The van der Waals surface area contributed by atoms with Gasteiger partial charge in [0.25, 0.3) is 5.91 Å². The molecule has 3 rings (SSSR count).